The van der Waals surface area contributed by atoms with Crippen LogP contribution in [0.1, 0.15) is 36.0 Å². The lowest BCUT2D eigenvalue weighted by Crippen LogP contribution is -2.36. The highest BCUT2D eigenvalue weighted by Gasteiger charge is 2.18. The van der Waals surface area contributed by atoms with Crippen LogP contribution in [0.15, 0.2) is 42.6 Å². The van der Waals surface area contributed by atoms with Crippen LogP contribution in [0.3, 0.4) is 0 Å². The molecule has 0 spiro atoms. The minimum atomic E-state index is 0.0923. The number of carbonyl (C=O) groups is 1. The molecule has 1 aromatic heterocycles. The lowest BCUT2D eigenvalue weighted by Gasteiger charge is -2.30. The Labute approximate surface area is 166 Å². The molecular weight excluding hydrogens is 352 g/mol. The summed E-state index contributed by atoms with van der Waals surface area (Å²) in [5.41, 5.74) is 2.83. The maximum atomic E-state index is 12.7. The Hall–Kier alpha value is -2.60. The van der Waals surface area contributed by atoms with Crippen LogP contribution in [0, 0.1) is 0 Å². The molecule has 0 bridgehead atoms. The predicted octanol–water partition coefficient (Wildman–Crippen LogP) is 3.68. The van der Waals surface area contributed by atoms with Crippen molar-refractivity contribution in [3.05, 3.63) is 48.2 Å². The van der Waals surface area contributed by atoms with Crippen LogP contribution in [0.4, 0.5) is 17.2 Å². The molecule has 3 heterocycles. The second-order valence-corrected chi connectivity index (χ2v) is 7.38. The highest BCUT2D eigenvalue weighted by atomic mass is 16.5. The number of ether oxygens (including phenoxy) is 1. The predicted molar refractivity (Wildman–Crippen MR) is 111 cm³/mol. The van der Waals surface area contributed by atoms with E-state index in [4.69, 9.17) is 4.74 Å². The van der Waals surface area contributed by atoms with Gasteiger partial charge < -0.3 is 19.9 Å². The molecule has 2 aliphatic heterocycles. The number of carbonyl (C=O) groups excluding carboxylic acids is 1. The first kappa shape index (κ1) is 18.7. The molecule has 0 saturated carbocycles. The molecule has 148 valence electrons. The number of morpholine rings is 1. The molecule has 0 unspecified atom stereocenters. The molecule has 4 rings (SSSR count). The Balaban J connectivity index is 1.45. The summed E-state index contributed by atoms with van der Waals surface area (Å²) < 4.78 is 5.46. The number of nitrogens with one attached hydrogen (secondary N) is 1. The van der Waals surface area contributed by atoms with Crippen molar-refractivity contribution in [2.45, 2.75) is 25.7 Å². The summed E-state index contributed by atoms with van der Waals surface area (Å²) in [5, 5.41) is 3.41. The molecule has 28 heavy (non-hydrogen) atoms. The fraction of sp³-hybridized carbons (Fsp3) is 0.455. The monoisotopic (exact) mass is 380 g/mol. The average Bonchev–Trinajstić information content (AvgIpc) is 3.04. The number of hydrogen-bond acceptors (Lipinski definition) is 5. The Morgan fingerprint density at radius 2 is 1.68 bits per heavy atom. The molecule has 6 heteroatoms. The number of hydrogen-bond donors (Lipinski definition) is 1. The lowest BCUT2D eigenvalue weighted by molar-refractivity contribution is 0.0761. The molecule has 1 N–H and O–H groups in total. The third-order valence-corrected chi connectivity index (χ3v) is 5.42. The number of para-hydroxylation sites is 2. The minimum Gasteiger partial charge on any atom is -0.378 e. The zero-order valence-corrected chi connectivity index (χ0v) is 16.3. The van der Waals surface area contributed by atoms with Crippen molar-refractivity contribution in [2.75, 3.05) is 49.6 Å². The van der Waals surface area contributed by atoms with Crippen LogP contribution < -0.4 is 10.2 Å². The van der Waals surface area contributed by atoms with Crippen LogP contribution in [-0.2, 0) is 4.74 Å². The molecule has 0 radical (unpaired) electrons. The topological polar surface area (TPSA) is 57.7 Å². The number of pyridine rings is 1. The molecule has 2 aromatic rings. The van der Waals surface area contributed by atoms with Crippen molar-refractivity contribution in [1.82, 2.24) is 9.88 Å². The third kappa shape index (κ3) is 4.44. The van der Waals surface area contributed by atoms with E-state index in [2.05, 4.69) is 27.3 Å². The van der Waals surface area contributed by atoms with E-state index in [1.54, 1.807) is 6.20 Å². The maximum absolute atomic E-state index is 12.7. The van der Waals surface area contributed by atoms with Gasteiger partial charge in [0.15, 0.2) is 0 Å². The number of amides is 1. The normalized spacial score (nSPS) is 17.9. The Morgan fingerprint density at radius 3 is 2.39 bits per heavy atom. The summed E-state index contributed by atoms with van der Waals surface area (Å²) in [6, 6.07) is 12.0. The number of aromatic nitrogens is 1. The summed E-state index contributed by atoms with van der Waals surface area (Å²) in [7, 11) is 0. The average molecular weight is 380 g/mol. The van der Waals surface area contributed by atoms with E-state index >= 15 is 0 Å². The first-order valence-electron chi connectivity index (χ1n) is 10.3. The summed E-state index contributed by atoms with van der Waals surface area (Å²) in [4.78, 5) is 21.5. The summed E-state index contributed by atoms with van der Waals surface area (Å²) in [5.74, 6) is 0.836. The molecule has 2 fully saturated rings. The van der Waals surface area contributed by atoms with Gasteiger partial charge in [-0.15, -0.1) is 0 Å². The first-order valence-corrected chi connectivity index (χ1v) is 10.3. The van der Waals surface area contributed by atoms with Crippen LogP contribution >= 0.6 is 0 Å². The third-order valence-electron chi connectivity index (χ3n) is 5.42. The van der Waals surface area contributed by atoms with E-state index in [-0.39, 0.29) is 5.91 Å². The lowest BCUT2D eigenvalue weighted by atomic mass is 10.2. The second kappa shape index (κ2) is 9.06. The standard InChI is InChI=1S/C22H28N4O2/c27-22(26-11-5-1-2-6-12-26)18-9-10-21(23-17-18)24-19-7-3-4-8-20(19)25-13-15-28-16-14-25/h3-4,7-10,17H,1-2,5-6,11-16H2,(H,23,24). The van der Waals surface area contributed by atoms with Gasteiger partial charge >= 0.3 is 0 Å². The van der Waals surface area contributed by atoms with Gasteiger partial charge in [-0.3, -0.25) is 4.79 Å². The van der Waals surface area contributed by atoms with E-state index in [9.17, 15) is 4.79 Å². The molecule has 2 aliphatic rings. The quantitative estimate of drug-likeness (QED) is 0.877. The van der Waals surface area contributed by atoms with Gasteiger partial charge in [0.25, 0.3) is 5.91 Å². The van der Waals surface area contributed by atoms with Crippen molar-refractivity contribution < 1.29 is 9.53 Å². The van der Waals surface area contributed by atoms with Crippen molar-refractivity contribution in [3.63, 3.8) is 0 Å². The zero-order valence-electron chi connectivity index (χ0n) is 16.3. The van der Waals surface area contributed by atoms with Gasteiger partial charge in [0.2, 0.25) is 0 Å². The molecule has 6 nitrogen and oxygen atoms in total. The Morgan fingerprint density at radius 1 is 0.929 bits per heavy atom. The minimum absolute atomic E-state index is 0.0923. The van der Waals surface area contributed by atoms with Crippen molar-refractivity contribution in [1.29, 1.82) is 0 Å². The largest absolute Gasteiger partial charge is 0.378 e. The number of likely N-dealkylation sites (tertiary alicyclic amines) is 1. The Kier molecular flexibility index (Phi) is 6.07. The van der Waals surface area contributed by atoms with Crippen molar-refractivity contribution in [3.8, 4) is 0 Å². The molecule has 1 aromatic carbocycles. The molecule has 0 aliphatic carbocycles. The number of anilines is 3. The Bertz CT molecular complexity index is 779. The fourth-order valence-electron chi connectivity index (χ4n) is 3.85. The zero-order chi connectivity index (χ0) is 19.2. The van der Waals surface area contributed by atoms with Gasteiger partial charge in [0, 0.05) is 32.4 Å². The number of benzene rings is 1. The van der Waals surface area contributed by atoms with Gasteiger partial charge in [-0.2, -0.15) is 0 Å². The SMILES string of the molecule is O=C(c1ccc(Nc2ccccc2N2CCOCC2)nc1)N1CCCCCC1. The molecular formula is C22H28N4O2. The smallest absolute Gasteiger partial charge is 0.255 e. The van der Waals surface area contributed by atoms with E-state index in [1.165, 1.54) is 12.8 Å². The second-order valence-electron chi connectivity index (χ2n) is 7.38. The highest BCUT2D eigenvalue weighted by molar-refractivity contribution is 5.94. The first-order chi connectivity index (χ1) is 13.8. The van der Waals surface area contributed by atoms with E-state index in [0.717, 1.165) is 69.4 Å². The number of rotatable bonds is 4. The van der Waals surface area contributed by atoms with Gasteiger partial charge in [0.05, 0.1) is 30.2 Å². The van der Waals surface area contributed by atoms with Crippen LogP contribution in [-0.4, -0.2) is 55.2 Å². The van der Waals surface area contributed by atoms with Crippen LogP contribution in [0.5, 0.6) is 0 Å². The molecule has 0 atom stereocenters. The van der Waals surface area contributed by atoms with Gasteiger partial charge in [-0.25, -0.2) is 4.98 Å². The maximum Gasteiger partial charge on any atom is 0.255 e. The van der Waals surface area contributed by atoms with E-state index in [0.29, 0.717) is 5.56 Å². The number of nitrogens with zero attached hydrogens (tertiary/aromatic N) is 3. The highest BCUT2D eigenvalue weighted by Crippen LogP contribution is 2.28. The van der Waals surface area contributed by atoms with Gasteiger partial charge in [0.1, 0.15) is 5.82 Å². The van der Waals surface area contributed by atoms with E-state index in [1.807, 2.05) is 29.2 Å². The summed E-state index contributed by atoms with van der Waals surface area (Å²) in [6.07, 6.45) is 6.31. The van der Waals surface area contributed by atoms with Crippen LogP contribution in [0.2, 0.25) is 0 Å². The molecule has 2 saturated heterocycles. The summed E-state index contributed by atoms with van der Waals surface area (Å²) >= 11 is 0. The van der Waals surface area contributed by atoms with Gasteiger partial charge in [-0.1, -0.05) is 25.0 Å². The summed E-state index contributed by atoms with van der Waals surface area (Å²) in [6.45, 7) is 4.97. The molecule has 1 amide bonds. The van der Waals surface area contributed by atoms with Crippen LogP contribution in [0.25, 0.3) is 0 Å². The van der Waals surface area contributed by atoms with Crippen molar-refractivity contribution >= 4 is 23.1 Å². The fourth-order valence-corrected chi connectivity index (χ4v) is 3.85. The van der Waals surface area contributed by atoms with Crippen molar-refractivity contribution in [2.24, 2.45) is 0 Å². The van der Waals surface area contributed by atoms with Gasteiger partial charge in [-0.05, 0) is 37.1 Å². The van der Waals surface area contributed by atoms with E-state index < -0.39 is 0 Å².